The molecule has 1 amide bonds. The molecule has 1 N–H and O–H groups in total. The van der Waals surface area contributed by atoms with Crippen LogP contribution in [0.25, 0.3) is 0 Å². The van der Waals surface area contributed by atoms with Gasteiger partial charge < -0.3 is 10.1 Å². The van der Waals surface area contributed by atoms with Crippen molar-refractivity contribution in [1.82, 2.24) is 5.32 Å². The molecule has 8 heteroatoms. The van der Waals surface area contributed by atoms with E-state index in [1.54, 1.807) is 25.1 Å². The van der Waals surface area contributed by atoms with Crippen LogP contribution in [0.1, 0.15) is 50.3 Å². The summed E-state index contributed by atoms with van der Waals surface area (Å²) < 4.78 is 32.1. The van der Waals surface area contributed by atoms with Crippen LogP contribution >= 0.6 is 11.6 Å². The van der Waals surface area contributed by atoms with Gasteiger partial charge in [-0.2, -0.15) is 0 Å². The molecule has 1 atom stereocenters. The number of para-hydroxylation sites is 1. The van der Waals surface area contributed by atoms with Crippen LogP contribution in [0, 0.1) is 6.92 Å². The van der Waals surface area contributed by atoms with Crippen molar-refractivity contribution < 1.29 is 17.9 Å². The second-order valence-electron chi connectivity index (χ2n) is 8.55. The first-order valence-corrected chi connectivity index (χ1v) is 12.5. The number of fused-ring (bicyclic) bond motifs is 1. The van der Waals surface area contributed by atoms with Crippen molar-refractivity contribution >= 4 is 33.2 Å². The van der Waals surface area contributed by atoms with Crippen molar-refractivity contribution in [3.05, 3.63) is 58.6 Å². The molecular weight excluding hydrogens is 436 g/mol. The summed E-state index contributed by atoms with van der Waals surface area (Å²) in [5.41, 5.74) is 1.81. The first kappa shape index (κ1) is 23.4. The Morgan fingerprint density at radius 1 is 1.23 bits per heavy atom. The zero-order chi connectivity index (χ0) is 22.8. The van der Waals surface area contributed by atoms with Crippen molar-refractivity contribution in [3.8, 4) is 5.75 Å². The molecule has 0 aliphatic carbocycles. The average molecular weight is 465 g/mol. The topological polar surface area (TPSA) is 75.7 Å². The number of halogens is 1. The molecule has 1 aliphatic rings. The molecule has 2 aromatic carbocycles. The number of anilines is 1. The SMILES string of the molecule is Cc1c(Cl)cccc1N(CCCC(=O)N[C@H]1CC(C)(C)Oc2ccccc21)S(C)(=O)=O. The van der Waals surface area contributed by atoms with Crippen LogP contribution < -0.4 is 14.4 Å². The van der Waals surface area contributed by atoms with Crippen LogP contribution in [0.4, 0.5) is 5.69 Å². The van der Waals surface area contributed by atoms with Gasteiger partial charge in [0.25, 0.3) is 0 Å². The Morgan fingerprint density at radius 2 is 1.94 bits per heavy atom. The predicted octanol–water partition coefficient (Wildman–Crippen LogP) is 4.61. The summed E-state index contributed by atoms with van der Waals surface area (Å²) in [6, 6.07) is 12.7. The molecule has 0 aromatic heterocycles. The molecule has 31 heavy (non-hydrogen) atoms. The molecule has 0 unspecified atom stereocenters. The molecule has 0 spiro atoms. The smallest absolute Gasteiger partial charge is 0.232 e. The molecule has 0 radical (unpaired) electrons. The molecule has 0 bridgehead atoms. The fourth-order valence-electron chi connectivity index (χ4n) is 3.91. The number of sulfonamides is 1. The second kappa shape index (κ2) is 9.09. The molecule has 168 valence electrons. The highest BCUT2D eigenvalue weighted by Gasteiger charge is 2.34. The number of carbonyl (C=O) groups is 1. The second-order valence-corrected chi connectivity index (χ2v) is 10.9. The lowest BCUT2D eigenvalue weighted by atomic mass is 9.89. The predicted molar refractivity (Wildman–Crippen MR) is 124 cm³/mol. The van der Waals surface area contributed by atoms with Gasteiger partial charge in [-0.15, -0.1) is 0 Å². The third kappa shape index (κ3) is 5.71. The molecular formula is C23H29ClN2O4S. The van der Waals surface area contributed by atoms with Crippen LogP contribution in [0.2, 0.25) is 5.02 Å². The van der Waals surface area contributed by atoms with Crippen molar-refractivity contribution in [2.75, 3.05) is 17.1 Å². The highest BCUT2D eigenvalue weighted by atomic mass is 35.5. The van der Waals surface area contributed by atoms with Gasteiger partial charge in [-0.25, -0.2) is 8.42 Å². The van der Waals surface area contributed by atoms with E-state index in [0.29, 0.717) is 29.1 Å². The number of hydrogen-bond donors (Lipinski definition) is 1. The van der Waals surface area contributed by atoms with Crippen molar-refractivity contribution in [2.45, 2.75) is 51.7 Å². The third-order valence-corrected chi connectivity index (χ3v) is 6.97. The number of nitrogens with zero attached hydrogens (tertiary/aromatic N) is 1. The average Bonchev–Trinajstić information content (AvgIpc) is 2.66. The summed E-state index contributed by atoms with van der Waals surface area (Å²) in [6.07, 6.45) is 2.42. The van der Waals surface area contributed by atoms with Gasteiger partial charge in [0.05, 0.1) is 18.0 Å². The molecule has 0 saturated carbocycles. The maximum atomic E-state index is 12.7. The first-order valence-electron chi connectivity index (χ1n) is 10.3. The van der Waals surface area contributed by atoms with Crippen molar-refractivity contribution in [2.24, 2.45) is 0 Å². The number of amides is 1. The van der Waals surface area contributed by atoms with E-state index in [1.165, 1.54) is 4.31 Å². The summed E-state index contributed by atoms with van der Waals surface area (Å²) in [7, 11) is -3.51. The minimum atomic E-state index is -3.51. The molecule has 0 saturated heterocycles. The number of benzene rings is 2. The number of nitrogens with one attached hydrogen (secondary N) is 1. The van der Waals surface area contributed by atoms with Gasteiger partial charge in [0.2, 0.25) is 15.9 Å². The summed E-state index contributed by atoms with van der Waals surface area (Å²) in [5, 5.41) is 3.60. The van der Waals surface area contributed by atoms with Crippen LogP contribution in [0.3, 0.4) is 0 Å². The maximum Gasteiger partial charge on any atom is 0.232 e. The summed E-state index contributed by atoms with van der Waals surface area (Å²) in [6.45, 7) is 5.98. The Bertz CT molecular complexity index is 1070. The summed E-state index contributed by atoms with van der Waals surface area (Å²) in [4.78, 5) is 12.7. The molecule has 0 fully saturated rings. The lowest BCUT2D eigenvalue weighted by Gasteiger charge is -2.37. The molecule has 2 aromatic rings. The van der Waals surface area contributed by atoms with E-state index < -0.39 is 10.0 Å². The van der Waals surface area contributed by atoms with Crippen molar-refractivity contribution in [3.63, 3.8) is 0 Å². The van der Waals surface area contributed by atoms with E-state index in [4.69, 9.17) is 16.3 Å². The van der Waals surface area contributed by atoms with Gasteiger partial charge in [0, 0.05) is 30.0 Å². The largest absolute Gasteiger partial charge is 0.487 e. The van der Waals surface area contributed by atoms with Crippen LogP contribution in [-0.4, -0.2) is 32.7 Å². The van der Waals surface area contributed by atoms with Crippen LogP contribution in [0.5, 0.6) is 5.75 Å². The quantitative estimate of drug-likeness (QED) is 0.649. The number of hydrogen-bond acceptors (Lipinski definition) is 4. The van der Waals surface area contributed by atoms with E-state index in [1.807, 2.05) is 38.1 Å². The van der Waals surface area contributed by atoms with E-state index in [2.05, 4.69) is 5.32 Å². The zero-order valence-corrected chi connectivity index (χ0v) is 19.9. The molecule has 1 aliphatic heterocycles. The summed E-state index contributed by atoms with van der Waals surface area (Å²) >= 11 is 6.17. The maximum absolute atomic E-state index is 12.7. The molecule has 1 heterocycles. The number of carbonyl (C=O) groups excluding carboxylic acids is 1. The molecule has 6 nitrogen and oxygen atoms in total. The van der Waals surface area contributed by atoms with Crippen LogP contribution in [-0.2, 0) is 14.8 Å². The van der Waals surface area contributed by atoms with E-state index in [9.17, 15) is 13.2 Å². The molecule has 3 rings (SSSR count). The monoisotopic (exact) mass is 464 g/mol. The first-order chi connectivity index (χ1) is 14.5. The zero-order valence-electron chi connectivity index (χ0n) is 18.3. The highest BCUT2D eigenvalue weighted by molar-refractivity contribution is 7.92. The van der Waals surface area contributed by atoms with Crippen LogP contribution in [0.15, 0.2) is 42.5 Å². The Hall–Kier alpha value is -2.25. The van der Waals surface area contributed by atoms with Gasteiger partial charge >= 0.3 is 0 Å². The van der Waals surface area contributed by atoms with E-state index in [0.717, 1.165) is 17.6 Å². The lowest BCUT2D eigenvalue weighted by molar-refractivity contribution is -0.122. The summed E-state index contributed by atoms with van der Waals surface area (Å²) in [5.74, 6) is 0.664. The Balaban J connectivity index is 1.66. The third-order valence-electron chi connectivity index (χ3n) is 5.38. The Morgan fingerprint density at radius 3 is 2.65 bits per heavy atom. The fraction of sp³-hybridized carbons (Fsp3) is 0.435. The van der Waals surface area contributed by atoms with Gasteiger partial charge in [0.15, 0.2) is 0 Å². The van der Waals surface area contributed by atoms with Crippen molar-refractivity contribution in [1.29, 1.82) is 0 Å². The minimum Gasteiger partial charge on any atom is -0.487 e. The Kier molecular flexibility index (Phi) is 6.86. The lowest BCUT2D eigenvalue weighted by Crippen LogP contribution is -2.41. The van der Waals surface area contributed by atoms with Gasteiger partial charge in [0.1, 0.15) is 11.4 Å². The van der Waals surface area contributed by atoms with Gasteiger partial charge in [-0.05, 0) is 51.0 Å². The normalized spacial score (nSPS) is 17.4. The fourth-order valence-corrected chi connectivity index (χ4v) is 5.10. The Labute approximate surface area is 189 Å². The minimum absolute atomic E-state index is 0.117. The number of ether oxygens (including phenoxy) is 1. The van der Waals surface area contributed by atoms with E-state index in [-0.39, 0.29) is 30.5 Å². The number of rotatable bonds is 7. The van der Waals surface area contributed by atoms with E-state index >= 15 is 0 Å². The van der Waals surface area contributed by atoms with Gasteiger partial charge in [-0.3, -0.25) is 9.10 Å². The standard InChI is InChI=1S/C23H29ClN2O4S/c1-16-18(24)10-7-11-20(16)26(31(4,28)29)14-8-13-22(27)25-19-15-23(2,3)30-21-12-6-5-9-17(19)21/h5-7,9-12,19H,8,13-15H2,1-4H3,(H,25,27)/t19-/m0/s1. The van der Waals surface area contributed by atoms with Gasteiger partial charge in [-0.1, -0.05) is 35.9 Å². The highest BCUT2D eigenvalue weighted by Crippen LogP contribution is 2.39.